The number of nitrogens with zero attached hydrogens (tertiary/aromatic N) is 1. The summed E-state index contributed by atoms with van der Waals surface area (Å²) < 4.78 is 4.76. The van der Waals surface area contributed by atoms with E-state index in [0.29, 0.717) is 17.9 Å². The second-order valence-corrected chi connectivity index (χ2v) is 2.91. The summed E-state index contributed by atoms with van der Waals surface area (Å²) >= 11 is 0. The molecule has 0 aliphatic rings. The van der Waals surface area contributed by atoms with E-state index in [1.54, 1.807) is 6.92 Å². The van der Waals surface area contributed by atoms with Crippen LogP contribution in [0.1, 0.15) is 23.0 Å². The molecule has 3 N–H and O–H groups in total. The monoisotopic (exact) mass is 183 g/mol. The van der Waals surface area contributed by atoms with Gasteiger partial charge in [0, 0.05) is 12.6 Å². The Kier molecular flexibility index (Phi) is 3.02. The number of nitrogens with one attached hydrogen (secondary N) is 1. The van der Waals surface area contributed by atoms with Gasteiger partial charge in [0.15, 0.2) is 0 Å². The molecule has 0 saturated carbocycles. The van der Waals surface area contributed by atoms with Crippen molar-refractivity contribution in [2.24, 2.45) is 5.73 Å². The molecule has 0 unspecified atom stereocenters. The van der Waals surface area contributed by atoms with Crippen molar-refractivity contribution in [2.75, 3.05) is 6.54 Å². The molecule has 0 saturated heterocycles. The fourth-order valence-electron chi connectivity index (χ4n) is 0.877. The zero-order chi connectivity index (χ0) is 9.84. The highest BCUT2D eigenvalue weighted by Gasteiger charge is 2.13. The predicted octanol–water partition coefficient (Wildman–Crippen LogP) is 0.0600. The number of aromatic nitrogens is 1. The molecule has 0 bridgehead atoms. The number of carbonyl (C=O) groups excluding carboxylic acids is 1. The quantitative estimate of drug-likeness (QED) is 0.694. The van der Waals surface area contributed by atoms with Crippen molar-refractivity contribution >= 4 is 5.91 Å². The van der Waals surface area contributed by atoms with E-state index in [0.717, 1.165) is 0 Å². The van der Waals surface area contributed by atoms with Crippen molar-refractivity contribution in [3.63, 3.8) is 0 Å². The minimum absolute atomic E-state index is 0.0400. The largest absolute Gasteiger partial charge is 0.361 e. The van der Waals surface area contributed by atoms with Crippen LogP contribution in [0.2, 0.25) is 0 Å². The van der Waals surface area contributed by atoms with Gasteiger partial charge < -0.3 is 15.6 Å². The maximum Gasteiger partial charge on any atom is 0.256 e. The van der Waals surface area contributed by atoms with Crippen LogP contribution in [-0.2, 0) is 0 Å². The molecule has 72 valence electrons. The van der Waals surface area contributed by atoms with Crippen LogP contribution in [0.4, 0.5) is 0 Å². The third-order valence-corrected chi connectivity index (χ3v) is 1.73. The van der Waals surface area contributed by atoms with Crippen LogP contribution in [0.15, 0.2) is 10.7 Å². The third kappa shape index (κ3) is 2.29. The Morgan fingerprint density at radius 1 is 1.85 bits per heavy atom. The number of carbonyl (C=O) groups is 1. The minimum atomic E-state index is -0.197. The molecule has 1 atom stereocenters. The number of nitrogens with two attached hydrogens (primary N) is 1. The SMILES string of the molecule is Cc1oncc1C(=O)N[C@H](C)CN. The molecular weight excluding hydrogens is 170 g/mol. The van der Waals surface area contributed by atoms with Crippen molar-refractivity contribution in [3.8, 4) is 0 Å². The Bertz CT molecular complexity index is 295. The van der Waals surface area contributed by atoms with Gasteiger partial charge in [-0.1, -0.05) is 5.16 Å². The van der Waals surface area contributed by atoms with Crippen molar-refractivity contribution in [2.45, 2.75) is 19.9 Å². The molecule has 0 radical (unpaired) electrons. The molecule has 13 heavy (non-hydrogen) atoms. The van der Waals surface area contributed by atoms with Gasteiger partial charge in [-0.3, -0.25) is 4.79 Å². The van der Waals surface area contributed by atoms with Gasteiger partial charge in [-0.05, 0) is 13.8 Å². The topological polar surface area (TPSA) is 81.2 Å². The molecule has 0 aliphatic heterocycles. The van der Waals surface area contributed by atoms with Gasteiger partial charge in [0.1, 0.15) is 11.3 Å². The summed E-state index contributed by atoms with van der Waals surface area (Å²) in [5.74, 6) is 0.318. The summed E-state index contributed by atoms with van der Waals surface area (Å²) in [4.78, 5) is 11.4. The molecule has 0 aromatic carbocycles. The van der Waals surface area contributed by atoms with Gasteiger partial charge in [0.2, 0.25) is 0 Å². The van der Waals surface area contributed by atoms with E-state index in [1.807, 2.05) is 6.92 Å². The van der Waals surface area contributed by atoms with Crippen LogP contribution in [-0.4, -0.2) is 23.7 Å². The number of hydrogen-bond acceptors (Lipinski definition) is 4. The lowest BCUT2D eigenvalue weighted by Crippen LogP contribution is -2.37. The lowest BCUT2D eigenvalue weighted by Gasteiger charge is -2.09. The first kappa shape index (κ1) is 9.73. The third-order valence-electron chi connectivity index (χ3n) is 1.73. The van der Waals surface area contributed by atoms with Gasteiger partial charge in [-0.15, -0.1) is 0 Å². The first-order chi connectivity index (χ1) is 6.15. The second-order valence-electron chi connectivity index (χ2n) is 2.91. The molecule has 1 rings (SSSR count). The molecule has 1 heterocycles. The lowest BCUT2D eigenvalue weighted by atomic mass is 10.2. The average Bonchev–Trinajstić information content (AvgIpc) is 2.51. The van der Waals surface area contributed by atoms with E-state index in [4.69, 9.17) is 10.3 Å². The van der Waals surface area contributed by atoms with Crippen LogP contribution in [0.25, 0.3) is 0 Å². The number of amides is 1. The molecule has 0 fully saturated rings. The van der Waals surface area contributed by atoms with Gasteiger partial charge in [-0.25, -0.2) is 0 Å². The fraction of sp³-hybridized carbons (Fsp3) is 0.500. The fourth-order valence-corrected chi connectivity index (χ4v) is 0.877. The maximum atomic E-state index is 11.4. The smallest absolute Gasteiger partial charge is 0.256 e. The summed E-state index contributed by atoms with van der Waals surface area (Å²) in [5, 5.41) is 6.22. The highest BCUT2D eigenvalue weighted by Crippen LogP contribution is 2.05. The summed E-state index contributed by atoms with van der Waals surface area (Å²) in [7, 11) is 0. The average molecular weight is 183 g/mol. The van der Waals surface area contributed by atoms with E-state index in [9.17, 15) is 4.79 Å². The van der Waals surface area contributed by atoms with Crippen molar-refractivity contribution < 1.29 is 9.32 Å². The van der Waals surface area contributed by atoms with Crippen LogP contribution in [0, 0.1) is 6.92 Å². The van der Waals surface area contributed by atoms with Crippen molar-refractivity contribution in [1.82, 2.24) is 10.5 Å². The molecule has 5 heteroatoms. The van der Waals surface area contributed by atoms with Gasteiger partial charge in [0.25, 0.3) is 5.91 Å². The Morgan fingerprint density at radius 2 is 2.54 bits per heavy atom. The highest BCUT2D eigenvalue weighted by atomic mass is 16.5. The summed E-state index contributed by atoms with van der Waals surface area (Å²) in [6, 6.07) is -0.0400. The van der Waals surface area contributed by atoms with E-state index in [2.05, 4.69) is 10.5 Å². The predicted molar refractivity (Wildman–Crippen MR) is 47.2 cm³/mol. The maximum absolute atomic E-state index is 11.4. The molecule has 0 aliphatic carbocycles. The first-order valence-electron chi connectivity index (χ1n) is 4.07. The Morgan fingerprint density at radius 3 is 3.00 bits per heavy atom. The van der Waals surface area contributed by atoms with E-state index >= 15 is 0 Å². The van der Waals surface area contributed by atoms with Crippen LogP contribution in [0.5, 0.6) is 0 Å². The number of aryl methyl sites for hydroxylation is 1. The minimum Gasteiger partial charge on any atom is -0.361 e. The molecule has 1 aromatic rings. The molecular formula is C8H13N3O2. The first-order valence-corrected chi connectivity index (χ1v) is 4.07. The van der Waals surface area contributed by atoms with E-state index < -0.39 is 0 Å². The molecule has 1 aromatic heterocycles. The standard InChI is InChI=1S/C8H13N3O2/c1-5(3-9)11-8(12)7-4-10-13-6(7)2/h4-5H,3,9H2,1-2H3,(H,11,12)/t5-/m1/s1. The summed E-state index contributed by atoms with van der Waals surface area (Å²) in [6.45, 7) is 3.94. The van der Waals surface area contributed by atoms with Gasteiger partial charge in [-0.2, -0.15) is 0 Å². The zero-order valence-corrected chi connectivity index (χ0v) is 7.70. The van der Waals surface area contributed by atoms with Crippen LogP contribution < -0.4 is 11.1 Å². The van der Waals surface area contributed by atoms with E-state index in [-0.39, 0.29) is 11.9 Å². The van der Waals surface area contributed by atoms with Crippen molar-refractivity contribution in [3.05, 3.63) is 17.5 Å². The lowest BCUT2D eigenvalue weighted by molar-refractivity contribution is 0.0940. The summed E-state index contributed by atoms with van der Waals surface area (Å²) in [5.41, 5.74) is 5.82. The van der Waals surface area contributed by atoms with Crippen LogP contribution in [0.3, 0.4) is 0 Å². The molecule has 1 amide bonds. The number of hydrogen-bond donors (Lipinski definition) is 2. The Balaban J connectivity index is 2.64. The number of rotatable bonds is 3. The highest BCUT2D eigenvalue weighted by molar-refractivity contribution is 5.94. The molecule has 0 spiro atoms. The second kappa shape index (κ2) is 4.04. The van der Waals surface area contributed by atoms with Gasteiger partial charge >= 0.3 is 0 Å². The van der Waals surface area contributed by atoms with Crippen LogP contribution >= 0.6 is 0 Å². The van der Waals surface area contributed by atoms with E-state index in [1.165, 1.54) is 6.20 Å². The summed E-state index contributed by atoms with van der Waals surface area (Å²) in [6.07, 6.45) is 1.40. The van der Waals surface area contributed by atoms with Gasteiger partial charge in [0.05, 0.1) is 6.20 Å². The molecule has 5 nitrogen and oxygen atoms in total. The zero-order valence-electron chi connectivity index (χ0n) is 7.70. The Labute approximate surface area is 76.3 Å². The normalized spacial score (nSPS) is 12.5. The Hall–Kier alpha value is -1.36. The van der Waals surface area contributed by atoms with Crippen molar-refractivity contribution in [1.29, 1.82) is 0 Å².